The normalized spacial score (nSPS) is 15.2. The van der Waals surface area contributed by atoms with E-state index >= 15 is 0 Å². The molecule has 1 amide bonds. The number of esters is 2. The molecule has 0 atom stereocenters. The minimum absolute atomic E-state index is 0.120. The summed E-state index contributed by atoms with van der Waals surface area (Å²) in [5, 5.41) is 2.87. The maximum Gasteiger partial charge on any atom is 0.355 e. The molecule has 0 spiro atoms. The lowest BCUT2D eigenvalue weighted by molar-refractivity contribution is -0.143. The zero-order chi connectivity index (χ0) is 20.8. The summed E-state index contributed by atoms with van der Waals surface area (Å²) in [6.07, 6.45) is 3.15. The molecule has 0 saturated carbocycles. The van der Waals surface area contributed by atoms with Crippen LogP contribution in [0.5, 0.6) is 0 Å². The van der Waals surface area contributed by atoms with Crippen LogP contribution >= 0.6 is 0 Å². The Bertz CT molecular complexity index is 845. The molecule has 2 heterocycles. The third kappa shape index (κ3) is 4.52. The molecule has 2 N–H and O–H groups in total. The second kappa shape index (κ2) is 9.39. The Hall–Kier alpha value is -2.83. The van der Waals surface area contributed by atoms with Gasteiger partial charge in [-0.25, -0.2) is 4.79 Å². The van der Waals surface area contributed by atoms with Crippen molar-refractivity contribution in [2.75, 3.05) is 13.2 Å². The van der Waals surface area contributed by atoms with Crippen LogP contribution < -0.4 is 5.32 Å². The van der Waals surface area contributed by atoms with Crippen LogP contribution in [0.1, 0.15) is 67.8 Å². The first-order valence-corrected chi connectivity index (χ1v) is 9.61. The van der Waals surface area contributed by atoms with Crippen LogP contribution in [0.3, 0.4) is 0 Å². The average Bonchev–Trinajstić information content (AvgIpc) is 3.10. The zero-order valence-electron chi connectivity index (χ0n) is 17.2. The van der Waals surface area contributed by atoms with Crippen molar-refractivity contribution in [3.8, 4) is 0 Å². The number of nitrogens with one attached hydrogen (secondary N) is 2. The first-order valence-electron chi connectivity index (χ1n) is 9.61. The van der Waals surface area contributed by atoms with E-state index < -0.39 is 5.97 Å². The molecule has 7 nitrogen and oxygen atoms in total. The summed E-state index contributed by atoms with van der Waals surface area (Å²) in [6, 6.07) is 0. The summed E-state index contributed by atoms with van der Waals surface area (Å²) in [5.74, 6) is -0.858. The lowest BCUT2D eigenvalue weighted by Crippen LogP contribution is -2.15. The number of hydrogen-bond donors (Lipinski definition) is 2. The number of carbonyl (C=O) groups excluding carboxylic acids is 3. The number of allylic oxidation sites excluding steroid dienone is 1. The predicted octanol–water partition coefficient (Wildman–Crippen LogP) is 3.19. The van der Waals surface area contributed by atoms with Gasteiger partial charge in [0, 0.05) is 23.4 Å². The van der Waals surface area contributed by atoms with Crippen LogP contribution in [-0.2, 0) is 25.5 Å². The van der Waals surface area contributed by atoms with Gasteiger partial charge < -0.3 is 19.8 Å². The third-order valence-corrected chi connectivity index (χ3v) is 4.79. The fraction of sp³-hybridized carbons (Fsp3) is 0.476. The molecule has 0 saturated heterocycles. The Balaban J connectivity index is 2.45. The van der Waals surface area contributed by atoms with E-state index in [0.717, 1.165) is 16.7 Å². The number of ether oxygens (including phenoxy) is 2. The molecule has 0 aliphatic carbocycles. The second-order valence-corrected chi connectivity index (χ2v) is 6.51. The van der Waals surface area contributed by atoms with Gasteiger partial charge in [-0.15, -0.1) is 0 Å². The summed E-state index contributed by atoms with van der Waals surface area (Å²) in [6.45, 7) is 9.70. The largest absolute Gasteiger partial charge is 0.466 e. The monoisotopic (exact) mass is 388 g/mol. The summed E-state index contributed by atoms with van der Waals surface area (Å²) >= 11 is 0. The number of rotatable bonds is 8. The van der Waals surface area contributed by atoms with Gasteiger partial charge in [0.25, 0.3) is 5.91 Å². The number of H-pyrrole nitrogens is 1. The summed E-state index contributed by atoms with van der Waals surface area (Å²) < 4.78 is 10.1. The van der Waals surface area contributed by atoms with E-state index in [4.69, 9.17) is 9.47 Å². The van der Waals surface area contributed by atoms with Crippen molar-refractivity contribution < 1.29 is 23.9 Å². The SMILES string of the molecule is CCOC(=O)CCc1c(/C=C2\NC(=O)C(C)=C2CC)[nH]c(C(=O)OCC)c1C. The Labute approximate surface area is 165 Å². The Morgan fingerprint density at radius 1 is 1.07 bits per heavy atom. The molecule has 0 radical (unpaired) electrons. The lowest BCUT2D eigenvalue weighted by atomic mass is 10.0. The number of aromatic amines is 1. The molecule has 152 valence electrons. The van der Waals surface area contributed by atoms with Gasteiger partial charge in [0.05, 0.1) is 13.2 Å². The predicted molar refractivity (Wildman–Crippen MR) is 106 cm³/mol. The van der Waals surface area contributed by atoms with E-state index in [-0.39, 0.29) is 24.9 Å². The summed E-state index contributed by atoms with van der Waals surface area (Å²) in [5.41, 5.74) is 4.94. The minimum Gasteiger partial charge on any atom is -0.466 e. The van der Waals surface area contributed by atoms with E-state index in [9.17, 15) is 14.4 Å². The van der Waals surface area contributed by atoms with Crippen LogP contribution in [0.15, 0.2) is 16.8 Å². The molecular formula is C21H28N2O5. The van der Waals surface area contributed by atoms with E-state index in [2.05, 4.69) is 10.3 Å². The van der Waals surface area contributed by atoms with Crippen molar-refractivity contribution in [1.82, 2.24) is 10.3 Å². The fourth-order valence-corrected chi connectivity index (χ4v) is 3.32. The molecule has 28 heavy (non-hydrogen) atoms. The van der Waals surface area contributed by atoms with Gasteiger partial charge in [0.1, 0.15) is 5.69 Å². The molecular weight excluding hydrogens is 360 g/mol. The van der Waals surface area contributed by atoms with Gasteiger partial charge in [-0.1, -0.05) is 6.92 Å². The Kier molecular flexibility index (Phi) is 7.20. The Morgan fingerprint density at radius 2 is 1.75 bits per heavy atom. The molecule has 0 fully saturated rings. The molecule has 0 aromatic carbocycles. The van der Waals surface area contributed by atoms with Gasteiger partial charge in [0.15, 0.2) is 0 Å². The first kappa shape index (κ1) is 21.5. The van der Waals surface area contributed by atoms with E-state index in [1.165, 1.54) is 0 Å². The highest BCUT2D eigenvalue weighted by molar-refractivity contribution is 6.01. The molecule has 1 aromatic rings. The zero-order valence-corrected chi connectivity index (χ0v) is 17.2. The summed E-state index contributed by atoms with van der Waals surface area (Å²) in [4.78, 5) is 39.2. The molecule has 0 bridgehead atoms. The fourth-order valence-electron chi connectivity index (χ4n) is 3.32. The highest BCUT2D eigenvalue weighted by atomic mass is 16.5. The van der Waals surface area contributed by atoms with E-state index in [0.29, 0.717) is 42.1 Å². The molecule has 7 heteroatoms. The standard InChI is InChI=1S/C21H28N2O5/c1-6-14-13(5)20(25)23-16(14)11-17-15(9-10-18(24)27-7-2)12(4)19(22-17)21(26)28-8-3/h11,22H,6-10H2,1-5H3,(H,23,25)/b16-11-. The summed E-state index contributed by atoms with van der Waals surface area (Å²) in [7, 11) is 0. The minimum atomic E-state index is -0.445. The van der Waals surface area contributed by atoms with Crippen molar-refractivity contribution in [3.63, 3.8) is 0 Å². The number of hydrogen-bond acceptors (Lipinski definition) is 5. The average molecular weight is 388 g/mol. The van der Waals surface area contributed by atoms with Gasteiger partial charge in [-0.2, -0.15) is 0 Å². The quantitative estimate of drug-likeness (QED) is 0.667. The second-order valence-electron chi connectivity index (χ2n) is 6.51. The highest BCUT2D eigenvalue weighted by Gasteiger charge is 2.25. The van der Waals surface area contributed by atoms with E-state index in [1.54, 1.807) is 20.8 Å². The van der Waals surface area contributed by atoms with Gasteiger partial charge in [0.2, 0.25) is 0 Å². The number of carbonyl (C=O) groups is 3. The lowest BCUT2D eigenvalue weighted by Gasteiger charge is -2.06. The van der Waals surface area contributed by atoms with Gasteiger partial charge in [-0.3, -0.25) is 9.59 Å². The van der Waals surface area contributed by atoms with Crippen LogP contribution in [-0.4, -0.2) is 36.0 Å². The molecule has 1 aromatic heterocycles. The smallest absolute Gasteiger partial charge is 0.355 e. The Morgan fingerprint density at radius 3 is 2.36 bits per heavy atom. The maximum absolute atomic E-state index is 12.3. The van der Waals surface area contributed by atoms with Gasteiger partial charge in [-0.05, 0) is 63.3 Å². The third-order valence-electron chi connectivity index (χ3n) is 4.79. The van der Waals surface area contributed by atoms with Crippen molar-refractivity contribution in [2.45, 2.75) is 53.9 Å². The van der Waals surface area contributed by atoms with Crippen molar-refractivity contribution in [2.24, 2.45) is 0 Å². The maximum atomic E-state index is 12.3. The van der Waals surface area contributed by atoms with Crippen molar-refractivity contribution in [1.29, 1.82) is 0 Å². The first-order chi connectivity index (χ1) is 13.3. The van der Waals surface area contributed by atoms with E-state index in [1.807, 2.05) is 19.9 Å². The van der Waals surface area contributed by atoms with Crippen LogP contribution in [0.2, 0.25) is 0 Å². The van der Waals surface area contributed by atoms with Crippen LogP contribution in [0.4, 0.5) is 0 Å². The molecule has 0 unspecified atom stereocenters. The van der Waals surface area contributed by atoms with Crippen LogP contribution in [0.25, 0.3) is 6.08 Å². The topological polar surface area (TPSA) is 97.5 Å². The molecule has 1 aliphatic heterocycles. The van der Waals surface area contributed by atoms with Crippen LogP contribution in [0, 0.1) is 6.92 Å². The highest BCUT2D eigenvalue weighted by Crippen LogP contribution is 2.28. The molecule has 1 aliphatic rings. The van der Waals surface area contributed by atoms with Crippen molar-refractivity contribution in [3.05, 3.63) is 39.4 Å². The number of amides is 1. The van der Waals surface area contributed by atoms with Crippen molar-refractivity contribution >= 4 is 23.9 Å². The molecule has 2 rings (SSSR count). The number of aromatic nitrogens is 1. The van der Waals surface area contributed by atoms with Gasteiger partial charge >= 0.3 is 11.9 Å².